The molecule has 7 heteroatoms. The molecule has 2 saturated heterocycles. The molecule has 0 bridgehead atoms. The summed E-state index contributed by atoms with van der Waals surface area (Å²) in [6, 6.07) is 6.79. The quantitative estimate of drug-likeness (QED) is 0.822. The molecule has 1 N–H and O–H groups in total. The monoisotopic (exact) mass is 379 g/mol. The minimum absolute atomic E-state index is 0.205. The number of piperidine rings is 1. The van der Waals surface area contributed by atoms with Crippen molar-refractivity contribution in [3.63, 3.8) is 0 Å². The molecule has 1 aromatic carbocycles. The van der Waals surface area contributed by atoms with Gasteiger partial charge < -0.3 is 5.32 Å². The Morgan fingerprint density at radius 2 is 1.92 bits per heavy atom. The van der Waals surface area contributed by atoms with E-state index in [2.05, 4.69) is 17.1 Å². The lowest BCUT2D eigenvalue weighted by Gasteiger charge is -2.26. The Morgan fingerprint density at radius 1 is 1.15 bits per heavy atom. The zero-order valence-electron chi connectivity index (χ0n) is 15.5. The largest absolute Gasteiger partial charge is 0.350 e. The lowest BCUT2D eigenvalue weighted by molar-refractivity contribution is 0.0941. The van der Waals surface area contributed by atoms with Crippen molar-refractivity contribution in [2.75, 3.05) is 32.7 Å². The lowest BCUT2D eigenvalue weighted by atomic mass is 10.2. The molecule has 1 atom stereocenters. The first kappa shape index (κ1) is 19.3. The fraction of sp³-hybridized carbons (Fsp3) is 0.632. The van der Waals surface area contributed by atoms with E-state index in [9.17, 15) is 13.2 Å². The van der Waals surface area contributed by atoms with Crippen LogP contribution in [0.1, 0.15) is 49.4 Å². The smallest absolute Gasteiger partial charge is 0.251 e. The van der Waals surface area contributed by atoms with Gasteiger partial charge in [-0.15, -0.1) is 0 Å². The summed E-state index contributed by atoms with van der Waals surface area (Å²) in [6.07, 6.45) is 5.13. The van der Waals surface area contributed by atoms with Gasteiger partial charge in [-0.1, -0.05) is 19.4 Å². The highest BCUT2D eigenvalue weighted by Gasteiger charge is 2.27. The summed E-state index contributed by atoms with van der Waals surface area (Å²) < 4.78 is 27.1. The predicted molar refractivity (Wildman–Crippen MR) is 102 cm³/mol. The Balaban J connectivity index is 1.67. The molecule has 0 spiro atoms. The van der Waals surface area contributed by atoms with E-state index in [-0.39, 0.29) is 10.8 Å². The van der Waals surface area contributed by atoms with E-state index < -0.39 is 10.0 Å². The van der Waals surface area contributed by atoms with Crippen molar-refractivity contribution in [1.82, 2.24) is 14.5 Å². The molecule has 26 heavy (non-hydrogen) atoms. The summed E-state index contributed by atoms with van der Waals surface area (Å²) >= 11 is 0. The minimum atomic E-state index is -3.52. The van der Waals surface area contributed by atoms with E-state index in [0.29, 0.717) is 31.2 Å². The van der Waals surface area contributed by atoms with Crippen LogP contribution in [0.4, 0.5) is 0 Å². The number of amides is 1. The molecule has 0 saturated carbocycles. The molecule has 0 aliphatic carbocycles. The van der Waals surface area contributed by atoms with Crippen LogP contribution in [0.5, 0.6) is 0 Å². The van der Waals surface area contributed by atoms with Gasteiger partial charge in [-0.25, -0.2) is 8.42 Å². The number of sulfonamides is 1. The van der Waals surface area contributed by atoms with Gasteiger partial charge in [-0.3, -0.25) is 9.69 Å². The number of hydrogen-bond donors (Lipinski definition) is 1. The van der Waals surface area contributed by atoms with Crippen LogP contribution >= 0.6 is 0 Å². The van der Waals surface area contributed by atoms with E-state index in [1.807, 2.05) is 0 Å². The highest BCUT2D eigenvalue weighted by Crippen LogP contribution is 2.21. The Bertz CT molecular complexity index is 729. The standard InChI is InChI=1S/C19H29N3O3S/c1-2-21-11-7-9-17(21)15-20-19(23)16-8-6-10-18(14-16)26(24,25)22-12-4-3-5-13-22/h6,8,10,14,17H,2-5,7,9,11-13,15H2,1H3,(H,20,23). The highest BCUT2D eigenvalue weighted by atomic mass is 32.2. The van der Waals surface area contributed by atoms with Crippen molar-refractivity contribution in [3.05, 3.63) is 29.8 Å². The maximum absolute atomic E-state index is 12.8. The molecule has 1 aromatic rings. The summed E-state index contributed by atoms with van der Waals surface area (Å²) in [4.78, 5) is 15.1. The number of nitrogens with one attached hydrogen (secondary N) is 1. The molecule has 6 nitrogen and oxygen atoms in total. The van der Waals surface area contributed by atoms with Crippen LogP contribution in [-0.4, -0.2) is 62.3 Å². The fourth-order valence-corrected chi connectivity index (χ4v) is 5.47. The molecule has 2 aliphatic rings. The van der Waals surface area contributed by atoms with E-state index in [4.69, 9.17) is 0 Å². The van der Waals surface area contributed by atoms with Gasteiger partial charge in [-0.2, -0.15) is 4.31 Å². The van der Waals surface area contributed by atoms with Gasteiger partial charge in [0.2, 0.25) is 10.0 Å². The third kappa shape index (κ3) is 4.27. The van der Waals surface area contributed by atoms with Gasteiger partial charge in [0.15, 0.2) is 0 Å². The van der Waals surface area contributed by atoms with Crippen molar-refractivity contribution in [2.24, 2.45) is 0 Å². The van der Waals surface area contributed by atoms with Crippen LogP contribution < -0.4 is 5.32 Å². The van der Waals surface area contributed by atoms with Crippen molar-refractivity contribution in [1.29, 1.82) is 0 Å². The van der Waals surface area contributed by atoms with E-state index in [1.54, 1.807) is 18.2 Å². The molecular weight excluding hydrogens is 350 g/mol. The fourth-order valence-electron chi connectivity index (χ4n) is 3.91. The minimum Gasteiger partial charge on any atom is -0.350 e. The molecule has 3 rings (SSSR count). The number of nitrogens with zero attached hydrogens (tertiary/aromatic N) is 2. The number of hydrogen-bond acceptors (Lipinski definition) is 4. The van der Waals surface area contributed by atoms with Gasteiger partial charge in [0.05, 0.1) is 4.90 Å². The van der Waals surface area contributed by atoms with Crippen molar-refractivity contribution in [3.8, 4) is 0 Å². The average Bonchev–Trinajstić information content (AvgIpc) is 3.14. The highest BCUT2D eigenvalue weighted by molar-refractivity contribution is 7.89. The first-order valence-electron chi connectivity index (χ1n) is 9.65. The number of carbonyl (C=O) groups is 1. The second kappa shape index (κ2) is 8.50. The third-order valence-electron chi connectivity index (χ3n) is 5.45. The average molecular weight is 380 g/mol. The Kier molecular flexibility index (Phi) is 6.32. The maximum atomic E-state index is 12.8. The molecule has 144 valence electrons. The Labute approximate surface area is 156 Å². The van der Waals surface area contributed by atoms with Crippen molar-refractivity contribution >= 4 is 15.9 Å². The van der Waals surface area contributed by atoms with Gasteiger partial charge in [0, 0.05) is 31.2 Å². The van der Waals surface area contributed by atoms with E-state index >= 15 is 0 Å². The topological polar surface area (TPSA) is 69.7 Å². The molecular formula is C19H29N3O3S. The Hall–Kier alpha value is -1.44. The molecule has 2 aliphatic heterocycles. The second-order valence-electron chi connectivity index (χ2n) is 7.13. The molecule has 0 radical (unpaired) electrons. The number of carbonyl (C=O) groups excluding carboxylic acids is 1. The molecule has 0 aromatic heterocycles. The van der Waals surface area contributed by atoms with Crippen molar-refractivity contribution in [2.45, 2.75) is 50.0 Å². The molecule has 1 unspecified atom stereocenters. The second-order valence-corrected chi connectivity index (χ2v) is 9.07. The first-order chi connectivity index (χ1) is 12.5. The third-order valence-corrected chi connectivity index (χ3v) is 7.35. The lowest BCUT2D eigenvalue weighted by Crippen LogP contribution is -2.40. The summed E-state index contributed by atoms with van der Waals surface area (Å²) in [5, 5.41) is 2.97. The summed E-state index contributed by atoms with van der Waals surface area (Å²) in [5.41, 5.74) is 0.407. The van der Waals surface area contributed by atoms with Crippen LogP contribution in [0, 0.1) is 0 Å². The number of likely N-dealkylation sites (tertiary alicyclic amines) is 1. The number of likely N-dealkylation sites (N-methyl/N-ethyl adjacent to an activating group) is 1. The van der Waals surface area contributed by atoms with Crippen molar-refractivity contribution < 1.29 is 13.2 Å². The molecule has 2 fully saturated rings. The van der Waals surface area contributed by atoms with Crippen LogP contribution in [0.15, 0.2) is 29.2 Å². The van der Waals surface area contributed by atoms with E-state index in [0.717, 1.165) is 45.2 Å². The number of benzene rings is 1. The SMILES string of the molecule is CCN1CCCC1CNC(=O)c1cccc(S(=O)(=O)N2CCCCC2)c1. The first-order valence-corrected chi connectivity index (χ1v) is 11.1. The Morgan fingerprint density at radius 3 is 2.65 bits per heavy atom. The predicted octanol–water partition coefficient (Wildman–Crippen LogP) is 2.08. The summed E-state index contributed by atoms with van der Waals surface area (Å²) in [5.74, 6) is -0.205. The van der Waals surface area contributed by atoms with Crippen LogP contribution in [0.3, 0.4) is 0 Å². The number of rotatable bonds is 6. The molecule has 2 heterocycles. The van der Waals surface area contributed by atoms with Gasteiger partial charge in [-0.05, 0) is 57.0 Å². The van der Waals surface area contributed by atoms with Gasteiger partial charge >= 0.3 is 0 Å². The molecule has 1 amide bonds. The van der Waals surface area contributed by atoms with Crippen LogP contribution in [-0.2, 0) is 10.0 Å². The maximum Gasteiger partial charge on any atom is 0.251 e. The summed E-state index contributed by atoms with van der Waals surface area (Å²) in [7, 11) is -3.52. The van der Waals surface area contributed by atoms with E-state index in [1.165, 1.54) is 10.4 Å². The van der Waals surface area contributed by atoms with Gasteiger partial charge in [0.1, 0.15) is 0 Å². The zero-order valence-corrected chi connectivity index (χ0v) is 16.3. The van der Waals surface area contributed by atoms with Crippen LogP contribution in [0.2, 0.25) is 0 Å². The zero-order chi connectivity index (χ0) is 18.6. The van der Waals surface area contributed by atoms with Crippen LogP contribution in [0.25, 0.3) is 0 Å². The van der Waals surface area contributed by atoms with Gasteiger partial charge in [0.25, 0.3) is 5.91 Å². The normalized spacial score (nSPS) is 22.4. The summed E-state index contributed by atoms with van der Waals surface area (Å²) in [6.45, 7) is 5.94.